The zero-order chi connectivity index (χ0) is 16.7. The molecule has 7 heteroatoms. The molecule has 122 valence electrons. The van der Waals surface area contributed by atoms with Gasteiger partial charge < -0.3 is 16.0 Å². The first-order valence-corrected chi connectivity index (χ1v) is 8.11. The summed E-state index contributed by atoms with van der Waals surface area (Å²) >= 11 is 1.67. The van der Waals surface area contributed by atoms with Crippen LogP contribution in [0.1, 0.15) is 22.4 Å². The Bertz CT molecular complexity index is 695. The van der Waals surface area contributed by atoms with Crippen molar-refractivity contribution in [1.29, 1.82) is 0 Å². The van der Waals surface area contributed by atoms with Gasteiger partial charge in [0.25, 0.3) is 0 Å². The molecule has 0 saturated heterocycles. The molecule has 3 N–H and O–H groups in total. The van der Waals surface area contributed by atoms with Gasteiger partial charge >= 0.3 is 0 Å². The van der Waals surface area contributed by atoms with Gasteiger partial charge in [-0.3, -0.25) is 9.79 Å². The largest absolute Gasteiger partial charge is 0.352 e. The lowest BCUT2D eigenvalue weighted by molar-refractivity contribution is -0.114. The van der Waals surface area contributed by atoms with Crippen LogP contribution in [0, 0.1) is 6.92 Å². The van der Waals surface area contributed by atoms with Gasteiger partial charge in [0, 0.05) is 37.3 Å². The minimum absolute atomic E-state index is 0.0775. The molecule has 0 saturated carbocycles. The predicted molar refractivity (Wildman–Crippen MR) is 94.6 cm³/mol. The summed E-state index contributed by atoms with van der Waals surface area (Å²) in [6.45, 7) is 4.79. The van der Waals surface area contributed by atoms with Crippen molar-refractivity contribution in [2.24, 2.45) is 4.99 Å². The second kappa shape index (κ2) is 8.28. The van der Waals surface area contributed by atoms with Crippen LogP contribution < -0.4 is 16.0 Å². The van der Waals surface area contributed by atoms with Crippen molar-refractivity contribution < 1.29 is 4.79 Å². The molecule has 1 aromatic heterocycles. The second-order valence-electron chi connectivity index (χ2n) is 5.03. The summed E-state index contributed by atoms with van der Waals surface area (Å²) in [5.41, 5.74) is 1.85. The Morgan fingerprint density at radius 3 is 2.74 bits per heavy atom. The molecular formula is C16H21N5OS. The summed E-state index contributed by atoms with van der Waals surface area (Å²) < 4.78 is 0. The van der Waals surface area contributed by atoms with E-state index in [1.165, 1.54) is 11.8 Å². The average molecular weight is 331 g/mol. The van der Waals surface area contributed by atoms with Gasteiger partial charge in [0.1, 0.15) is 5.01 Å². The number of thiazole rings is 1. The quantitative estimate of drug-likeness (QED) is 0.580. The lowest BCUT2D eigenvalue weighted by Crippen LogP contribution is -2.36. The Kier molecular flexibility index (Phi) is 6.10. The van der Waals surface area contributed by atoms with Crippen LogP contribution in [-0.2, 0) is 17.9 Å². The van der Waals surface area contributed by atoms with E-state index in [4.69, 9.17) is 0 Å². The Labute approximate surface area is 140 Å². The zero-order valence-corrected chi connectivity index (χ0v) is 14.3. The molecule has 0 fully saturated rings. The number of nitrogens with zero attached hydrogens (tertiary/aromatic N) is 2. The first-order chi connectivity index (χ1) is 11.1. The number of amides is 1. The summed E-state index contributed by atoms with van der Waals surface area (Å²) in [6.07, 6.45) is 1.87. The highest BCUT2D eigenvalue weighted by atomic mass is 32.1. The van der Waals surface area contributed by atoms with Crippen LogP contribution in [0.4, 0.5) is 5.69 Å². The highest BCUT2D eigenvalue weighted by Gasteiger charge is 2.03. The standard InChI is InChI=1S/C16H21N5OS/c1-11-8-18-15(23-11)10-20-16(17-3)19-9-13-5-4-6-14(7-13)21-12(2)22/h4-8H,9-10H2,1-3H3,(H,21,22)(H2,17,19,20). The number of hydrogen-bond donors (Lipinski definition) is 3. The van der Waals surface area contributed by atoms with Gasteiger partial charge in [-0.05, 0) is 24.6 Å². The van der Waals surface area contributed by atoms with Crippen molar-refractivity contribution in [2.75, 3.05) is 12.4 Å². The van der Waals surface area contributed by atoms with E-state index in [1.807, 2.05) is 37.4 Å². The van der Waals surface area contributed by atoms with E-state index in [0.717, 1.165) is 16.3 Å². The van der Waals surface area contributed by atoms with E-state index < -0.39 is 0 Å². The fourth-order valence-corrected chi connectivity index (χ4v) is 2.74. The molecule has 0 bridgehead atoms. The fourth-order valence-electron chi connectivity index (χ4n) is 2.01. The van der Waals surface area contributed by atoms with Crippen molar-refractivity contribution in [3.63, 3.8) is 0 Å². The summed E-state index contributed by atoms with van der Waals surface area (Å²) in [5, 5.41) is 10.3. The average Bonchev–Trinajstić information content (AvgIpc) is 2.93. The monoisotopic (exact) mass is 331 g/mol. The van der Waals surface area contributed by atoms with Crippen molar-refractivity contribution in [3.05, 3.63) is 45.9 Å². The number of rotatable bonds is 5. The van der Waals surface area contributed by atoms with Gasteiger partial charge in [-0.1, -0.05) is 12.1 Å². The molecule has 6 nitrogen and oxygen atoms in total. The SMILES string of the molecule is CN=C(NCc1cccc(NC(C)=O)c1)NCc1ncc(C)s1. The lowest BCUT2D eigenvalue weighted by atomic mass is 10.2. The zero-order valence-electron chi connectivity index (χ0n) is 13.5. The summed E-state index contributed by atoms with van der Waals surface area (Å²) in [4.78, 5) is 20.8. The molecular weight excluding hydrogens is 310 g/mol. The van der Waals surface area contributed by atoms with Crippen LogP contribution in [0.25, 0.3) is 0 Å². The minimum atomic E-state index is -0.0775. The van der Waals surface area contributed by atoms with Gasteiger partial charge in [-0.25, -0.2) is 4.98 Å². The summed E-state index contributed by atoms with van der Waals surface area (Å²) in [5.74, 6) is 0.633. The molecule has 0 radical (unpaired) electrons. The van der Waals surface area contributed by atoms with E-state index in [2.05, 4.69) is 25.9 Å². The number of aromatic nitrogens is 1. The lowest BCUT2D eigenvalue weighted by Gasteiger charge is -2.11. The van der Waals surface area contributed by atoms with Crippen LogP contribution >= 0.6 is 11.3 Å². The maximum atomic E-state index is 11.1. The van der Waals surface area contributed by atoms with Crippen molar-refractivity contribution in [1.82, 2.24) is 15.6 Å². The molecule has 1 aromatic carbocycles. The highest BCUT2D eigenvalue weighted by Crippen LogP contribution is 2.11. The molecule has 1 heterocycles. The number of aryl methyl sites for hydroxylation is 1. The summed E-state index contributed by atoms with van der Waals surface area (Å²) in [6, 6.07) is 7.71. The van der Waals surface area contributed by atoms with Crippen molar-refractivity contribution in [2.45, 2.75) is 26.9 Å². The Hall–Kier alpha value is -2.41. The maximum Gasteiger partial charge on any atom is 0.221 e. The molecule has 23 heavy (non-hydrogen) atoms. The summed E-state index contributed by atoms with van der Waals surface area (Å²) in [7, 11) is 1.73. The Morgan fingerprint density at radius 2 is 2.09 bits per heavy atom. The second-order valence-corrected chi connectivity index (χ2v) is 6.34. The normalized spacial score (nSPS) is 11.2. The number of anilines is 1. The molecule has 0 aliphatic carbocycles. The van der Waals surface area contributed by atoms with Gasteiger partial charge in [0.15, 0.2) is 5.96 Å². The predicted octanol–water partition coefficient (Wildman–Crippen LogP) is 2.28. The number of guanidine groups is 1. The number of nitrogens with one attached hydrogen (secondary N) is 3. The third-order valence-electron chi connectivity index (χ3n) is 3.01. The van der Waals surface area contributed by atoms with Crippen LogP contribution in [0.15, 0.2) is 35.5 Å². The Balaban J connectivity index is 1.86. The van der Waals surface area contributed by atoms with Gasteiger partial charge in [0.2, 0.25) is 5.91 Å². The van der Waals surface area contributed by atoms with Gasteiger partial charge in [-0.15, -0.1) is 11.3 Å². The minimum Gasteiger partial charge on any atom is -0.352 e. The first kappa shape index (κ1) is 17.0. The van der Waals surface area contributed by atoms with E-state index in [-0.39, 0.29) is 5.91 Å². The van der Waals surface area contributed by atoms with Gasteiger partial charge in [-0.2, -0.15) is 0 Å². The van der Waals surface area contributed by atoms with E-state index in [0.29, 0.717) is 19.0 Å². The molecule has 0 aliphatic heterocycles. The van der Waals surface area contributed by atoms with Crippen LogP contribution in [0.3, 0.4) is 0 Å². The number of hydrogen-bond acceptors (Lipinski definition) is 4. The third-order valence-corrected chi connectivity index (χ3v) is 3.92. The first-order valence-electron chi connectivity index (χ1n) is 7.29. The topological polar surface area (TPSA) is 78.4 Å². The van der Waals surface area contributed by atoms with Crippen molar-refractivity contribution in [3.8, 4) is 0 Å². The highest BCUT2D eigenvalue weighted by molar-refractivity contribution is 7.11. The van der Waals surface area contributed by atoms with Crippen molar-refractivity contribution >= 4 is 28.9 Å². The number of benzene rings is 1. The van der Waals surface area contributed by atoms with Crippen LogP contribution in [0.5, 0.6) is 0 Å². The van der Waals surface area contributed by atoms with E-state index >= 15 is 0 Å². The van der Waals surface area contributed by atoms with Crippen LogP contribution in [0.2, 0.25) is 0 Å². The third kappa shape index (κ3) is 5.71. The molecule has 2 rings (SSSR count). The van der Waals surface area contributed by atoms with E-state index in [9.17, 15) is 4.79 Å². The maximum absolute atomic E-state index is 11.1. The molecule has 0 spiro atoms. The number of aliphatic imine (C=N–C) groups is 1. The van der Waals surface area contributed by atoms with Crippen LogP contribution in [-0.4, -0.2) is 23.9 Å². The molecule has 2 aromatic rings. The smallest absolute Gasteiger partial charge is 0.221 e. The number of carbonyl (C=O) groups excluding carboxylic acids is 1. The fraction of sp³-hybridized carbons (Fsp3) is 0.312. The molecule has 0 unspecified atom stereocenters. The van der Waals surface area contributed by atoms with Gasteiger partial charge in [0.05, 0.1) is 6.54 Å². The number of carbonyl (C=O) groups is 1. The van der Waals surface area contributed by atoms with E-state index in [1.54, 1.807) is 18.4 Å². The molecule has 0 aliphatic rings. The molecule has 1 amide bonds. The molecule has 0 atom stereocenters. The Morgan fingerprint density at radius 1 is 1.30 bits per heavy atom.